The summed E-state index contributed by atoms with van der Waals surface area (Å²) in [4.78, 5) is 4.35. The smallest absolute Gasteiger partial charge is 0.188 e. The summed E-state index contributed by atoms with van der Waals surface area (Å²) in [6, 6.07) is 7.75. The van der Waals surface area contributed by atoms with E-state index < -0.39 is 0 Å². The lowest BCUT2D eigenvalue weighted by molar-refractivity contribution is 0.212. The Hall–Kier alpha value is -1.06. The number of benzene rings is 1. The Morgan fingerprint density at radius 2 is 2.25 bits per heavy atom. The third kappa shape index (κ3) is 2.74. The first-order valence-corrected chi connectivity index (χ1v) is 5.81. The summed E-state index contributed by atoms with van der Waals surface area (Å²) >= 11 is 6.07. The van der Waals surface area contributed by atoms with Crippen LogP contribution in [0.5, 0.6) is 0 Å². The Bertz CT molecular complexity index is 392. The Morgan fingerprint density at radius 1 is 1.44 bits per heavy atom. The normalized spacial score (nSPS) is 19.4. The van der Waals surface area contributed by atoms with Crippen LogP contribution in [0.25, 0.3) is 0 Å². The Balaban J connectivity index is 1.95. The SMILES string of the molecule is NCCC1CN=C(Cc2ccccc2Cl)O1. The highest BCUT2D eigenvalue weighted by atomic mass is 35.5. The standard InChI is InChI=1S/C12H15ClN2O/c13-11-4-2-1-3-9(11)7-12-15-8-10(16-12)5-6-14/h1-4,10H,5-8,14H2. The second kappa shape index (κ2) is 5.32. The molecule has 0 saturated heterocycles. The molecule has 0 fully saturated rings. The van der Waals surface area contributed by atoms with Crippen LogP contribution in [0.1, 0.15) is 12.0 Å². The lowest BCUT2D eigenvalue weighted by atomic mass is 10.1. The highest BCUT2D eigenvalue weighted by Gasteiger charge is 2.19. The molecule has 4 heteroatoms. The molecule has 0 radical (unpaired) electrons. The first-order chi connectivity index (χ1) is 7.79. The molecular weight excluding hydrogens is 224 g/mol. The first kappa shape index (κ1) is 11.4. The molecule has 0 amide bonds. The second-order valence-corrected chi connectivity index (χ2v) is 4.23. The minimum atomic E-state index is 0.155. The van der Waals surface area contributed by atoms with E-state index in [0.717, 1.165) is 29.4 Å². The van der Waals surface area contributed by atoms with Crippen molar-refractivity contribution in [2.45, 2.75) is 18.9 Å². The fourth-order valence-corrected chi connectivity index (χ4v) is 1.91. The molecule has 1 heterocycles. The van der Waals surface area contributed by atoms with Gasteiger partial charge in [-0.05, 0) is 24.6 Å². The van der Waals surface area contributed by atoms with Crippen LogP contribution in [-0.2, 0) is 11.2 Å². The van der Waals surface area contributed by atoms with E-state index in [2.05, 4.69) is 4.99 Å². The molecule has 1 aliphatic heterocycles. The maximum absolute atomic E-state index is 6.07. The van der Waals surface area contributed by atoms with Crippen molar-refractivity contribution in [2.75, 3.05) is 13.1 Å². The van der Waals surface area contributed by atoms with Crippen LogP contribution in [0.3, 0.4) is 0 Å². The predicted molar refractivity (Wildman–Crippen MR) is 66.0 cm³/mol. The van der Waals surface area contributed by atoms with Crippen molar-refractivity contribution in [1.82, 2.24) is 0 Å². The van der Waals surface area contributed by atoms with E-state index in [0.29, 0.717) is 13.0 Å². The number of rotatable bonds is 4. The minimum absolute atomic E-state index is 0.155. The molecule has 1 aromatic carbocycles. The number of nitrogens with zero attached hydrogens (tertiary/aromatic N) is 1. The summed E-state index contributed by atoms with van der Waals surface area (Å²) in [6.45, 7) is 1.36. The molecule has 0 aromatic heterocycles. The fourth-order valence-electron chi connectivity index (χ4n) is 1.71. The van der Waals surface area contributed by atoms with Crippen LogP contribution >= 0.6 is 11.6 Å². The second-order valence-electron chi connectivity index (χ2n) is 3.82. The van der Waals surface area contributed by atoms with Crippen LogP contribution < -0.4 is 5.73 Å². The number of hydrogen-bond donors (Lipinski definition) is 1. The molecule has 2 rings (SSSR count). The van der Waals surface area contributed by atoms with Crippen molar-refractivity contribution < 1.29 is 4.74 Å². The van der Waals surface area contributed by atoms with Gasteiger partial charge in [-0.3, -0.25) is 4.99 Å². The van der Waals surface area contributed by atoms with Gasteiger partial charge >= 0.3 is 0 Å². The first-order valence-electron chi connectivity index (χ1n) is 5.43. The van der Waals surface area contributed by atoms with Gasteiger partial charge in [0.25, 0.3) is 0 Å². The summed E-state index contributed by atoms with van der Waals surface area (Å²) in [7, 11) is 0. The van der Waals surface area contributed by atoms with Crippen LogP contribution in [-0.4, -0.2) is 25.1 Å². The lowest BCUT2D eigenvalue weighted by Gasteiger charge is -2.10. The van der Waals surface area contributed by atoms with Gasteiger partial charge in [0, 0.05) is 11.4 Å². The van der Waals surface area contributed by atoms with Gasteiger partial charge in [-0.25, -0.2) is 0 Å². The molecule has 0 aliphatic carbocycles. The molecular formula is C12H15ClN2O. The van der Waals surface area contributed by atoms with Gasteiger partial charge < -0.3 is 10.5 Å². The maximum atomic E-state index is 6.07. The van der Waals surface area contributed by atoms with Crippen molar-refractivity contribution >= 4 is 17.5 Å². The van der Waals surface area contributed by atoms with Crippen molar-refractivity contribution in [3.8, 4) is 0 Å². The van der Waals surface area contributed by atoms with Crippen molar-refractivity contribution in [3.63, 3.8) is 0 Å². The largest absolute Gasteiger partial charge is 0.475 e. The van der Waals surface area contributed by atoms with Crippen molar-refractivity contribution in [3.05, 3.63) is 34.9 Å². The van der Waals surface area contributed by atoms with Gasteiger partial charge in [-0.15, -0.1) is 0 Å². The van der Waals surface area contributed by atoms with Crippen LogP contribution in [0, 0.1) is 0 Å². The molecule has 0 spiro atoms. The van der Waals surface area contributed by atoms with E-state index in [1.54, 1.807) is 0 Å². The summed E-state index contributed by atoms with van der Waals surface area (Å²) < 4.78 is 5.67. The van der Waals surface area contributed by atoms with E-state index in [-0.39, 0.29) is 6.10 Å². The minimum Gasteiger partial charge on any atom is -0.475 e. The van der Waals surface area contributed by atoms with Gasteiger partial charge in [-0.1, -0.05) is 29.8 Å². The quantitative estimate of drug-likeness (QED) is 0.873. The average molecular weight is 239 g/mol. The average Bonchev–Trinajstić information content (AvgIpc) is 2.70. The monoisotopic (exact) mass is 238 g/mol. The molecule has 1 unspecified atom stereocenters. The van der Waals surface area contributed by atoms with E-state index in [9.17, 15) is 0 Å². The third-order valence-electron chi connectivity index (χ3n) is 2.56. The molecule has 0 bridgehead atoms. The third-order valence-corrected chi connectivity index (χ3v) is 2.93. The topological polar surface area (TPSA) is 47.6 Å². The van der Waals surface area contributed by atoms with Crippen molar-refractivity contribution in [2.24, 2.45) is 10.7 Å². The summed E-state index contributed by atoms with van der Waals surface area (Å²) in [6.07, 6.45) is 1.68. The maximum Gasteiger partial charge on any atom is 0.188 e. The number of aliphatic imine (C=N–C) groups is 1. The van der Waals surface area contributed by atoms with Crippen molar-refractivity contribution in [1.29, 1.82) is 0 Å². The van der Waals surface area contributed by atoms with Crippen LogP contribution in [0.15, 0.2) is 29.3 Å². The highest BCUT2D eigenvalue weighted by molar-refractivity contribution is 6.31. The van der Waals surface area contributed by atoms with E-state index in [4.69, 9.17) is 22.1 Å². The lowest BCUT2D eigenvalue weighted by Crippen LogP contribution is -2.18. The zero-order valence-corrected chi connectivity index (χ0v) is 9.78. The molecule has 0 saturated carbocycles. The van der Waals surface area contributed by atoms with Crippen LogP contribution in [0.4, 0.5) is 0 Å². The summed E-state index contributed by atoms with van der Waals surface area (Å²) in [5.41, 5.74) is 6.53. The molecule has 2 N–H and O–H groups in total. The van der Waals surface area contributed by atoms with Gasteiger partial charge in [0.05, 0.1) is 6.54 Å². The predicted octanol–water partition coefficient (Wildman–Crippen LogP) is 2.03. The number of nitrogens with two attached hydrogens (primary N) is 1. The molecule has 1 atom stereocenters. The van der Waals surface area contributed by atoms with E-state index >= 15 is 0 Å². The zero-order chi connectivity index (χ0) is 11.4. The number of halogens is 1. The Labute approximate surface area is 100 Å². The van der Waals surface area contributed by atoms with Gasteiger partial charge in [0.15, 0.2) is 5.90 Å². The molecule has 3 nitrogen and oxygen atoms in total. The molecule has 16 heavy (non-hydrogen) atoms. The Kier molecular flexibility index (Phi) is 3.80. The highest BCUT2D eigenvalue weighted by Crippen LogP contribution is 2.18. The Morgan fingerprint density at radius 3 is 3.00 bits per heavy atom. The zero-order valence-electron chi connectivity index (χ0n) is 9.03. The molecule has 1 aliphatic rings. The summed E-state index contributed by atoms with van der Waals surface area (Å²) in [5, 5.41) is 0.760. The van der Waals surface area contributed by atoms with E-state index in [1.165, 1.54) is 0 Å². The number of hydrogen-bond acceptors (Lipinski definition) is 3. The van der Waals surface area contributed by atoms with Gasteiger partial charge in [0.2, 0.25) is 0 Å². The number of ether oxygens (including phenoxy) is 1. The fraction of sp³-hybridized carbons (Fsp3) is 0.417. The molecule has 86 valence electrons. The van der Waals surface area contributed by atoms with E-state index in [1.807, 2.05) is 24.3 Å². The van der Waals surface area contributed by atoms with Gasteiger partial charge in [-0.2, -0.15) is 0 Å². The van der Waals surface area contributed by atoms with Gasteiger partial charge in [0.1, 0.15) is 6.10 Å². The van der Waals surface area contributed by atoms with Crippen LogP contribution in [0.2, 0.25) is 5.02 Å². The summed E-state index contributed by atoms with van der Waals surface area (Å²) in [5.74, 6) is 0.770. The molecule has 1 aromatic rings.